The van der Waals surface area contributed by atoms with Crippen molar-refractivity contribution in [2.75, 3.05) is 5.32 Å². The lowest BCUT2D eigenvalue weighted by atomic mass is 10.0. The molecule has 0 atom stereocenters. The second kappa shape index (κ2) is 6.23. The zero-order valence-electron chi connectivity index (χ0n) is 9.86. The highest BCUT2D eigenvalue weighted by Gasteiger charge is 2.14. The van der Waals surface area contributed by atoms with E-state index in [9.17, 15) is 4.79 Å². The lowest BCUT2D eigenvalue weighted by molar-refractivity contribution is -0.120. The highest BCUT2D eigenvalue weighted by atomic mass is 16.1. The second-order valence-corrected chi connectivity index (χ2v) is 3.72. The quantitative estimate of drug-likeness (QED) is 0.798. The predicted molar refractivity (Wildman–Crippen MR) is 64.8 cm³/mol. The molecule has 1 rings (SSSR count). The third kappa shape index (κ3) is 3.31. The van der Waals surface area contributed by atoms with Gasteiger partial charge in [0.25, 0.3) is 0 Å². The first-order valence-electron chi connectivity index (χ1n) is 5.68. The maximum atomic E-state index is 11.8. The summed E-state index contributed by atoms with van der Waals surface area (Å²) in [6.45, 7) is 4.41. The molecule has 0 saturated heterocycles. The number of amides is 1. The van der Waals surface area contributed by atoms with Crippen molar-refractivity contribution in [2.45, 2.75) is 33.2 Å². The summed E-state index contributed by atoms with van der Waals surface area (Å²) in [5.41, 5.74) is 6.27. The molecule has 0 fully saturated rings. The highest BCUT2D eigenvalue weighted by molar-refractivity contribution is 5.91. The smallest absolute Gasteiger partial charge is 0.228 e. The number of aromatic nitrogens is 1. The number of nitrogens with zero attached hydrogens (tertiary/aromatic N) is 1. The van der Waals surface area contributed by atoms with Gasteiger partial charge in [-0.25, -0.2) is 4.98 Å². The minimum atomic E-state index is 0.0340. The normalized spacial score (nSPS) is 10.5. The Bertz CT molecular complexity index is 348. The van der Waals surface area contributed by atoms with Crippen LogP contribution in [0.15, 0.2) is 18.2 Å². The van der Waals surface area contributed by atoms with E-state index in [0.29, 0.717) is 12.4 Å². The number of nitrogens with one attached hydrogen (secondary N) is 1. The molecule has 3 N–H and O–H groups in total. The number of carbonyl (C=O) groups excluding carboxylic acids is 1. The van der Waals surface area contributed by atoms with Crippen LogP contribution in [0.4, 0.5) is 5.82 Å². The van der Waals surface area contributed by atoms with Crippen molar-refractivity contribution in [3.63, 3.8) is 0 Å². The Hall–Kier alpha value is -1.42. The van der Waals surface area contributed by atoms with Crippen LogP contribution in [0, 0.1) is 5.92 Å². The van der Waals surface area contributed by atoms with Crippen LogP contribution in [0.5, 0.6) is 0 Å². The minimum absolute atomic E-state index is 0.0340. The average molecular weight is 221 g/mol. The molecule has 1 aromatic rings. The SMILES string of the molecule is CCC(CC)C(=O)Nc1cccc(CN)n1. The van der Waals surface area contributed by atoms with Gasteiger partial charge in [-0.05, 0) is 25.0 Å². The summed E-state index contributed by atoms with van der Waals surface area (Å²) in [5.74, 6) is 0.676. The van der Waals surface area contributed by atoms with E-state index < -0.39 is 0 Å². The molecule has 0 unspecified atom stereocenters. The van der Waals surface area contributed by atoms with Gasteiger partial charge in [0.05, 0.1) is 5.69 Å². The summed E-state index contributed by atoms with van der Waals surface area (Å²) in [6, 6.07) is 5.46. The molecular weight excluding hydrogens is 202 g/mol. The van der Waals surface area contributed by atoms with E-state index in [-0.39, 0.29) is 11.8 Å². The monoisotopic (exact) mass is 221 g/mol. The first-order valence-corrected chi connectivity index (χ1v) is 5.68. The molecule has 0 aliphatic rings. The Morgan fingerprint density at radius 1 is 1.44 bits per heavy atom. The summed E-state index contributed by atoms with van der Waals surface area (Å²) in [4.78, 5) is 16.0. The zero-order valence-corrected chi connectivity index (χ0v) is 9.86. The first kappa shape index (κ1) is 12.6. The third-order valence-electron chi connectivity index (χ3n) is 2.62. The summed E-state index contributed by atoms with van der Waals surface area (Å²) in [6.07, 6.45) is 1.69. The van der Waals surface area contributed by atoms with Crippen LogP contribution < -0.4 is 11.1 Å². The fourth-order valence-electron chi connectivity index (χ4n) is 1.55. The van der Waals surface area contributed by atoms with Gasteiger partial charge >= 0.3 is 0 Å². The molecule has 0 aliphatic carbocycles. The van der Waals surface area contributed by atoms with Gasteiger partial charge in [0.1, 0.15) is 5.82 Å². The Morgan fingerprint density at radius 3 is 2.69 bits per heavy atom. The molecule has 1 aromatic heterocycles. The standard InChI is InChI=1S/C12H19N3O/c1-3-9(4-2)12(16)15-11-7-5-6-10(8-13)14-11/h5-7,9H,3-4,8,13H2,1-2H3,(H,14,15,16). The lowest BCUT2D eigenvalue weighted by Gasteiger charge is -2.12. The Kier molecular flexibility index (Phi) is 4.92. The van der Waals surface area contributed by atoms with E-state index in [0.717, 1.165) is 18.5 Å². The van der Waals surface area contributed by atoms with Crippen molar-refractivity contribution in [3.8, 4) is 0 Å². The minimum Gasteiger partial charge on any atom is -0.325 e. The maximum Gasteiger partial charge on any atom is 0.228 e. The van der Waals surface area contributed by atoms with Crippen molar-refractivity contribution >= 4 is 11.7 Å². The van der Waals surface area contributed by atoms with E-state index in [4.69, 9.17) is 5.73 Å². The fourth-order valence-corrected chi connectivity index (χ4v) is 1.55. The van der Waals surface area contributed by atoms with E-state index >= 15 is 0 Å². The van der Waals surface area contributed by atoms with Gasteiger partial charge in [-0.2, -0.15) is 0 Å². The molecule has 0 aliphatic heterocycles. The number of rotatable bonds is 5. The molecule has 0 radical (unpaired) electrons. The van der Waals surface area contributed by atoms with E-state index in [2.05, 4.69) is 10.3 Å². The molecule has 88 valence electrons. The Balaban J connectivity index is 2.68. The third-order valence-corrected chi connectivity index (χ3v) is 2.62. The van der Waals surface area contributed by atoms with E-state index in [1.165, 1.54) is 0 Å². The fraction of sp³-hybridized carbons (Fsp3) is 0.500. The van der Waals surface area contributed by atoms with Gasteiger partial charge in [-0.15, -0.1) is 0 Å². The van der Waals surface area contributed by atoms with Crippen molar-refractivity contribution in [1.29, 1.82) is 0 Å². The number of carbonyl (C=O) groups is 1. The van der Waals surface area contributed by atoms with E-state index in [1.54, 1.807) is 6.07 Å². The number of hydrogen-bond donors (Lipinski definition) is 2. The summed E-state index contributed by atoms with van der Waals surface area (Å²) < 4.78 is 0. The zero-order chi connectivity index (χ0) is 12.0. The molecule has 0 aromatic carbocycles. The molecule has 1 amide bonds. The summed E-state index contributed by atoms with van der Waals surface area (Å²) in [5, 5.41) is 2.81. The lowest BCUT2D eigenvalue weighted by Crippen LogP contribution is -2.22. The molecule has 16 heavy (non-hydrogen) atoms. The Labute approximate surface area is 96.3 Å². The topological polar surface area (TPSA) is 68.0 Å². The molecular formula is C12H19N3O. The van der Waals surface area contributed by atoms with Gasteiger partial charge in [0.2, 0.25) is 5.91 Å². The number of anilines is 1. The number of hydrogen-bond acceptors (Lipinski definition) is 3. The van der Waals surface area contributed by atoms with E-state index in [1.807, 2.05) is 26.0 Å². The molecule has 0 bridgehead atoms. The van der Waals surface area contributed by atoms with Gasteiger partial charge in [-0.3, -0.25) is 4.79 Å². The first-order chi connectivity index (χ1) is 7.71. The van der Waals surface area contributed by atoms with Crippen LogP contribution in [0.25, 0.3) is 0 Å². The molecule has 4 nitrogen and oxygen atoms in total. The largest absolute Gasteiger partial charge is 0.325 e. The van der Waals surface area contributed by atoms with Crippen molar-refractivity contribution in [2.24, 2.45) is 11.7 Å². The van der Waals surface area contributed by atoms with Gasteiger partial charge < -0.3 is 11.1 Å². The number of nitrogens with two attached hydrogens (primary N) is 1. The van der Waals surface area contributed by atoms with Crippen LogP contribution in [0.3, 0.4) is 0 Å². The average Bonchev–Trinajstić information content (AvgIpc) is 2.31. The molecule has 0 spiro atoms. The summed E-state index contributed by atoms with van der Waals surface area (Å²) >= 11 is 0. The Morgan fingerprint density at radius 2 is 2.12 bits per heavy atom. The molecule has 0 saturated carbocycles. The highest BCUT2D eigenvalue weighted by Crippen LogP contribution is 2.11. The van der Waals surface area contributed by atoms with Crippen molar-refractivity contribution in [1.82, 2.24) is 4.98 Å². The van der Waals surface area contributed by atoms with Crippen LogP contribution >= 0.6 is 0 Å². The van der Waals surface area contributed by atoms with Crippen LogP contribution in [0.2, 0.25) is 0 Å². The van der Waals surface area contributed by atoms with Gasteiger partial charge in [-0.1, -0.05) is 19.9 Å². The van der Waals surface area contributed by atoms with Crippen LogP contribution in [-0.4, -0.2) is 10.9 Å². The predicted octanol–water partition coefficient (Wildman–Crippen LogP) is 1.91. The van der Waals surface area contributed by atoms with Gasteiger partial charge in [0, 0.05) is 12.5 Å². The van der Waals surface area contributed by atoms with Crippen LogP contribution in [-0.2, 0) is 11.3 Å². The second-order valence-electron chi connectivity index (χ2n) is 3.72. The maximum absolute atomic E-state index is 11.8. The van der Waals surface area contributed by atoms with Crippen molar-refractivity contribution in [3.05, 3.63) is 23.9 Å². The van der Waals surface area contributed by atoms with Crippen LogP contribution in [0.1, 0.15) is 32.4 Å². The molecule has 4 heteroatoms. The number of pyridine rings is 1. The molecule has 1 heterocycles. The van der Waals surface area contributed by atoms with Gasteiger partial charge in [0.15, 0.2) is 0 Å². The summed E-state index contributed by atoms with van der Waals surface area (Å²) in [7, 11) is 0. The van der Waals surface area contributed by atoms with Crippen molar-refractivity contribution < 1.29 is 4.79 Å².